The molecule has 0 aliphatic heterocycles. The van der Waals surface area contributed by atoms with Crippen molar-refractivity contribution in [2.75, 3.05) is 0 Å². The van der Waals surface area contributed by atoms with E-state index in [4.69, 9.17) is 0 Å². The minimum absolute atomic E-state index is 0.0272. The zero-order valence-corrected chi connectivity index (χ0v) is 14.2. The molecule has 1 aromatic carbocycles. The van der Waals surface area contributed by atoms with E-state index < -0.39 is 0 Å². The van der Waals surface area contributed by atoms with Gasteiger partial charge in [0, 0.05) is 5.56 Å². The van der Waals surface area contributed by atoms with Crippen molar-refractivity contribution < 1.29 is 9.90 Å². The van der Waals surface area contributed by atoms with Crippen molar-refractivity contribution >= 4 is 5.91 Å². The van der Waals surface area contributed by atoms with Crippen molar-refractivity contribution in [1.29, 1.82) is 0 Å². The first-order valence-electron chi connectivity index (χ1n) is 8.48. The summed E-state index contributed by atoms with van der Waals surface area (Å²) in [5.41, 5.74) is 3.35. The first kappa shape index (κ1) is 16.6. The van der Waals surface area contributed by atoms with Crippen molar-refractivity contribution in [2.24, 2.45) is 0 Å². The highest BCUT2D eigenvalue weighted by atomic mass is 16.3. The number of benzene rings is 1. The molecule has 128 valence electrons. The van der Waals surface area contributed by atoms with Crippen LogP contribution in [0.5, 0.6) is 0 Å². The van der Waals surface area contributed by atoms with Crippen LogP contribution in [-0.4, -0.2) is 32.0 Å². The molecule has 1 aliphatic rings. The normalized spacial score (nSPS) is 20.8. The fraction of sp³-hybridized carbons (Fsp3) is 0.500. The zero-order valence-electron chi connectivity index (χ0n) is 14.2. The summed E-state index contributed by atoms with van der Waals surface area (Å²) in [5.74, 6) is -0.0319. The highest BCUT2D eigenvalue weighted by Gasteiger charge is 2.29. The molecule has 3 rings (SSSR count). The van der Waals surface area contributed by atoms with Crippen LogP contribution in [-0.2, 0) is 6.61 Å². The first-order valence-corrected chi connectivity index (χ1v) is 8.48. The second kappa shape index (κ2) is 7.13. The number of hydrogen-bond donors (Lipinski definition) is 2. The van der Waals surface area contributed by atoms with Gasteiger partial charge in [-0.3, -0.25) is 4.79 Å². The minimum atomic E-state index is -0.119. The van der Waals surface area contributed by atoms with Crippen LogP contribution in [0.2, 0.25) is 0 Å². The number of aliphatic hydroxyl groups is 1. The molecule has 24 heavy (non-hydrogen) atoms. The Morgan fingerprint density at radius 3 is 2.88 bits per heavy atom. The lowest BCUT2D eigenvalue weighted by Crippen LogP contribution is -2.43. The number of carbonyl (C=O) groups is 1. The second-order valence-corrected chi connectivity index (χ2v) is 6.60. The Hall–Kier alpha value is -2.21. The smallest absolute Gasteiger partial charge is 0.251 e. The van der Waals surface area contributed by atoms with Gasteiger partial charge in [0.2, 0.25) is 0 Å². The van der Waals surface area contributed by atoms with Gasteiger partial charge in [-0.05, 0) is 38.3 Å². The van der Waals surface area contributed by atoms with Crippen LogP contribution in [0.3, 0.4) is 0 Å². The molecule has 1 amide bonds. The third-order valence-corrected chi connectivity index (χ3v) is 4.74. The van der Waals surface area contributed by atoms with E-state index in [0.717, 1.165) is 42.4 Å². The van der Waals surface area contributed by atoms with Gasteiger partial charge >= 0.3 is 0 Å². The van der Waals surface area contributed by atoms with E-state index in [-0.39, 0.29) is 24.6 Å². The van der Waals surface area contributed by atoms with Crippen LogP contribution in [0.4, 0.5) is 0 Å². The quantitative estimate of drug-likeness (QED) is 0.902. The van der Waals surface area contributed by atoms with Crippen molar-refractivity contribution in [2.45, 2.75) is 58.2 Å². The van der Waals surface area contributed by atoms with E-state index in [1.165, 1.54) is 0 Å². The minimum Gasteiger partial charge on any atom is -0.390 e. The van der Waals surface area contributed by atoms with Crippen LogP contribution >= 0.6 is 0 Å². The standard InChI is InChI=1S/C18H24N4O2/c1-12-7-8-13(2)15(9-12)18(24)19-16-5-3-4-6-17(16)22-10-14(11-23)20-21-22/h7-10,16-17,23H,3-6,11H2,1-2H3,(H,19,24)/t16-,17+/m0/s1. The summed E-state index contributed by atoms with van der Waals surface area (Å²) in [6, 6.07) is 6.04. The third-order valence-electron chi connectivity index (χ3n) is 4.74. The molecule has 1 heterocycles. The molecule has 0 radical (unpaired) electrons. The molecule has 2 N–H and O–H groups in total. The van der Waals surface area contributed by atoms with E-state index in [2.05, 4.69) is 15.6 Å². The van der Waals surface area contributed by atoms with E-state index >= 15 is 0 Å². The lowest BCUT2D eigenvalue weighted by molar-refractivity contribution is 0.0904. The predicted octanol–water partition coefficient (Wildman–Crippen LogP) is 2.30. The van der Waals surface area contributed by atoms with E-state index in [1.807, 2.05) is 32.0 Å². The lowest BCUT2D eigenvalue weighted by atomic mass is 9.90. The van der Waals surface area contributed by atoms with E-state index in [9.17, 15) is 9.90 Å². The molecule has 0 spiro atoms. The molecule has 2 aromatic rings. The monoisotopic (exact) mass is 328 g/mol. The zero-order chi connectivity index (χ0) is 17.1. The largest absolute Gasteiger partial charge is 0.390 e. The van der Waals surface area contributed by atoms with Crippen molar-refractivity contribution in [3.05, 3.63) is 46.8 Å². The summed E-state index contributed by atoms with van der Waals surface area (Å²) in [7, 11) is 0. The average Bonchev–Trinajstić information content (AvgIpc) is 3.06. The van der Waals surface area contributed by atoms with Crippen LogP contribution in [0.1, 0.15) is 58.9 Å². The van der Waals surface area contributed by atoms with Crippen LogP contribution in [0, 0.1) is 13.8 Å². The number of amides is 1. The topological polar surface area (TPSA) is 80.0 Å². The van der Waals surface area contributed by atoms with E-state index in [1.54, 1.807) is 10.9 Å². The SMILES string of the molecule is Cc1ccc(C)c(C(=O)N[C@H]2CCCC[C@H]2n2cc(CO)nn2)c1. The summed E-state index contributed by atoms with van der Waals surface area (Å²) in [6.07, 6.45) is 5.85. The fourth-order valence-corrected chi connectivity index (χ4v) is 3.37. The maximum absolute atomic E-state index is 12.7. The lowest BCUT2D eigenvalue weighted by Gasteiger charge is -2.32. The molecule has 0 unspecified atom stereocenters. The highest BCUT2D eigenvalue weighted by Crippen LogP contribution is 2.28. The number of nitrogens with one attached hydrogen (secondary N) is 1. The number of aliphatic hydroxyl groups excluding tert-OH is 1. The Balaban J connectivity index is 1.78. The second-order valence-electron chi connectivity index (χ2n) is 6.60. The van der Waals surface area contributed by atoms with Crippen LogP contribution in [0.25, 0.3) is 0 Å². The van der Waals surface area contributed by atoms with Gasteiger partial charge in [-0.2, -0.15) is 0 Å². The summed E-state index contributed by atoms with van der Waals surface area (Å²) in [5, 5.41) is 20.5. The predicted molar refractivity (Wildman–Crippen MR) is 90.6 cm³/mol. The third kappa shape index (κ3) is 3.48. The molecular weight excluding hydrogens is 304 g/mol. The fourth-order valence-electron chi connectivity index (χ4n) is 3.37. The van der Waals surface area contributed by atoms with Gasteiger partial charge < -0.3 is 10.4 Å². The van der Waals surface area contributed by atoms with Gasteiger partial charge in [-0.1, -0.05) is 35.8 Å². The molecule has 6 heteroatoms. The summed E-state index contributed by atoms with van der Waals surface area (Å²) >= 11 is 0. The molecule has 1 fully saturated rings. The molecule has 1 aromatic heterocycles. The van der Waals surface area contributed by atoms with Gasteiger partial charge in [-0.25, -0.2) is 4.68 Å². The van der Waals surface area contributed by atoms with Gasteiger partial charge in [0.25, 0.3) is 5.91 Å². The highest BCUT2D eigenvalue weighted by molar-refractivity contribution is 5.96. The van der Waals surface area contributed by atoms with Gasteiger partial charge in [0.05, 0.1) is 24.9 Å². The number of aromatic nitrogens is 3. The Labute approximate surface area is 141 Å². The van der Waals surface area contributed by atoms with Gasteiger partial charge in [0.1, 0.15) is 5.69 Å². The first-order chi connectivity index (χ1) is 11.6. The Morgan fingerprint density at radius 1 is 1.33 bits per heavy atom. The van der Waals surface area contributed by atoms with E-state index in [0.29, 0.717) is 5.69 Å². The van der Waals surface area contributed by atoms with Crippen molar-refractivity contribution in [3.8, 4) is 0 Å². The molecule has 0 bridgehead atoms. The summed E-state index contributed by atoms with van der Waals surface area (Å²) in [4.78, 5) is 12.7. The molecule has 1 aliphatic carbocycles. The number of nitrogens with zero attached hydrogens (tertiary/aromatic N) is 3. The maximum atomic E-state index is 12.7. The van der Waals surface area contributed by atoms with Gasteiger partial charge in [-0.15, -0.1) is 5.10 Å². The Kier molecular flexibility index (Phi) is 4.94. The number of aryl methyl sites for hydroxylation is 2. The van der Waals surface area contributed by atoms with Crippen LogP contribution < -0.4 is 5.32 Å². The Bertz CT molecular complexity index is 726. The summed E-state index contributed by atoms with van der Waals surface area (Å²) < 4.78 is 1.79. The van der Waals surface area contributed by atoms with Gasteiger partial charge in [0.15, 0.2) is 0 Å². The molecule has 0 saturated heterocycles. The van der Waals surface area contributed by atoms with Crippen molar-refractivity contribution in [1.82, 2.24) is 20.3 Å². The number of rotatable bonds is 4. The molecule has 2 atom stereocenters. The number of carbonyl (C=O) groups excluding carboxylic acids is 1. The number of hydrogen-bond acceptors (Lipinski definition) is 4. The summed E-state index contributed by atoms with van der Waals surface area (Å²) in [6.45, 7) is 3.83. The average molecular weight is 328 g/mol. The maximum Gasteiger partial charge on any atom is 0.251 e. The molecular formula is C18H24N4O2. The molecule has 6 nitrogen and oxygen atoms in total. The van der Waals surface area contributed by atoms with Crippen molar-refractivity contribution in [3.63, 3.8) is 0 Å². The Morgan fingerprint density at radius 2 is 2.12 bits per heavy atom. The molecule has 1 saturated carbocycles. The van der Waals surface area contributed by atoms with Crippen LogP contribution in [0.15, 0.2) is 24.4 Å².